The van der Waals surface area contributed by atoms with Crippen LogP contribution in [0.2, 0.25) is 0 Å². The Balaban J connectivity index is 1.56. The molecule has 11 heteroatoms. The van der Waals surface area contributed by atoms with E-state index in [1.54, 1.807) is 29.3 Å². The van der Waals surface area contributed by atoms with Crippen LogP contribution >= 0.6 is 0 Å². The number of sulfonamides is 1. The lowest BCUT2D eigenvalue weighted by molar-refractivity contribution is -0.103. The molecule has 0 amide bonds. The Kier molecular flexibility index (Phi) is 8.63. The van der Waals surface area contributed by atoms with Gasteiger partial charge in [0.25, 0.3) is 10.0 Å². The largest absolute Gasteiger partial charge is 0.508 e. The molecule has 2 aromatic rings. The molecule has 0 bridgehead atoms. The molecular weight excluding hydrogens is 564 g/mol. The number of anilines is 2. The van der Waals surface area contributed by atoms with Crippen molar-refractivity contribution in [3.8, 4) is 5.75 Å². The fourth-order valence-corrected chi connectivity index (χ4v) is 8.14. The van der Waals surface area contributed by atoms with Gasteiger partial charge in [0.15, 0.2) is 0 Å². The van der Waals surface area contributed by atoms with E-state index >= 15 is 0 Å². The van der Waals surface area contributed by atoms with E-state index in [1.165, 1.54) is 24.3 Å². The summed E-state index contributed by atoms with van der Waals surface area (Å²) in [6, 6.07) is 8.58. The van der Waals surface area contributed by atoms with Crippen LogP contribution in [-0.4, -0.2) is 56.0 Å². The standard InChI is InChI=1S/C32H46N6O4S/c1-21-17-32(6,7)38(18-21)29-24(28(34)36-43(40,41)23-11-9-22(39)10-12-23)13-14-27(35-29)37(8)16-15-26(33)42-19-25-30(2,3)20-31(25,4)5/h9-16,21,25,33,39H,17-20H2,1-8H3,(H2,34,36)/b16-15-,33-26?/t21-/m0/s1. The molecule has 1 saturated heterocycles. The Hall–Kier alpha value is -3.60. The number of hydrogen-bond donors (Lipinski definition) is 4. The lowest BCUT2D eigenvalue weighted by Gasteiger charge is -2.57. The molecule has 1 aromatic carbocycles. The molecule has 1 atom stereocenters. The average molecular weight is 611 g/mol. The number of pyridine rings is 1. The Bertz CT molecular complexity index is 1500. The first-order valence-corrected chi connectivity index (χ1v) is 16.1. The summed E-state index contributed by atoms with van der Waals surface area (Å²) in [6.45, 7) is 16.6. The van der Waals surface area contributed by atoms with E-state index in [0.717, 1.165) is 12.8 Å². The van der Waals surface area contributed by atoms with Crippen molar-refractivity contribution in [2.45, 2.75) is 71.7 Å². The molecule has 0 unspecified atom stereocenters. The molecule has 2 aliphatic rings. The van der Waals surface area contributed by atoms with Crippen molar-refractivity contribution in [2.24, 2.45) is 22.7 Å². The van der Waals surface area contributed by atoms with Gasteiger partial charge in [-0.15, -0.1) is 0 Å². The smallest absolute Gasteiger partial charge is 0.263 e. The molecule has 2 heterocycles. The van der Waals surface area contributed by atoms with Crippen LogP contribution in [-0.2, 0) is 14.8 Å². The van der Waals surface area contributed by atoms with Crippen LogP contribution in [0.25, 0.3) is 0 Å². The number of rotatable bonds is 9. The van der Waals surface area contributed by atoms with E-state index in [-0.39, 0.29) is 38.7 Å². The van der Waals surface area contributed by atoms with Gasteiger partial charge in [0, 0.05) is 37.3 Å². The molecule has 1 aliphatic heterocycles. The summed E-state index contributed by atoms with van der Waals surface area (Å²) < 4.78 is 34.3. The lowest BCUT2D eigenvalue weighted by Crippen LogP contribution is -2.52. The van der Waals surface area contributed by atoms with Gasteiger partial charge in [0.05, 0.1) is 17.1 Å². The summed E-state index contributed by atoms with van der Waals surface area (Å²) in [6.07, 6.45) is 5.38. The van der Waals surface area contributed by atoms with Crippen molar-refractivity contribution in [3.05, 3.63) is 54.2 Å². The van der Waals surface area contributed by atoms with Gasteiger partial charge >= 0.3 is 0 Å². The zero-order valence-electron chi connectivity index (χ0n) is 26.5. The number of nitrogens with one attached hydrogen (secondary N) is 3. The third kappa shape index (κ3) is 6.98. The van der Waals surface area contributed by atoms with Crippen LogP contribution in [0, 0.1) is 33.5 Å². The van der Waals surface area contributed by atoms with E-state index in [9.17, 15) is 13.5 Å². The van der Waals surface area contributed by atoms with Crippen molar-refractivity contribution in [1.82, 2.24) is 9.71 Å². The summed E-state index contributed by atoms with van der Waals surface area (Å²) in [4.78, 5) is 8.76. The van der Waals surface area contributed by atoms with Gasteiger partial charge in [-0.05, 0) is 79.8 Å². The quantitative estimate of drug-likeness (QED) is 0.210. The number of nitrogens with zero attached hydrogens (tertiary/aromatic N) is 3. The first kappa shape index (κ1) is 32.3. The van der Waals surface area contributed by atoms with Crippen LogP contribution in [0.5, 0.6) is 5.75 Å². The van der Waals surface area contributed by atoms with Crippen LogP contribution in [0.15, 0.2) is 53.6 Å². The fraction of sp³-hybridized carbons (Fsp3) is 0.531. The highest BCUT2D eigenvalue weighted by atomic mass is 32.2. The molecule has 1 aromatic heterocycles. The van der Waals surface area contributed by atoms with Crippen molar-refractivity contribution < 1.29 is 18.3 Å². The van der Waals surface area contributed by atoms with Crippen molar-refractivity contribution in [2.75, 3.05) is 30.0 Å². The summed E-state index contributed by atoms with van der Waals surface area (Å²) in [5.74, 6) is 1.57. The maximum Gasteiger partial charge on any atom is 0.263 e. The van der Waals surface area contributed by atoms with Crippen LogP contribution in [0.3, 0.4) is 0 Å². The first-order chi connectivity index (χ1) is 19.8. The molecule has 234 valence electrons. The van der Waals surface area contributed by atoms with Crippen LogP contribution in [0.1, 0.15) is 66.9 Å². The molecular formula is C32H46N6O4S. The van der Waals surface area contributed by atoms with Gasteiger partial charge in [-0.2, -0.15) is 0 Å². The predicted octanol–water partition coefficient (Wildman–Crippen LogP) is 5.73. The topological polar surface area (TPSA) is 143 Å². The highest BCUT2D eigenvalue weighted by Gasteiger charge is 2.53. The predicted molar refractivity (Wildman–Crippen MR) is 172 cm³/mol. The van der Waals surface area contributed by atoms with Crippen LogP contribution < -0.4 is 14.5 Å². The minimum absolute atomic E-state index is 0.0485. The van der Waals surface area contributed by atoms with Gasteiger partial charge in [0.2, 0.25) is 5.90 Å². The maximum atomic E-state index is 13.0. The fourth-order valence-electron chi connectivity index (χ4n) is 7.14. The highest BCUT2D eigenvalue weighted by Crippen LogP contribution is 2.58. The number of aromatic hydroxyl groups is 1. The normalized spacial score (nSPS) is 20.9. The summed E-state index contributed by atoms with van der Waals surface area (Å²) in [5.41, 5.74) is 0.481. The Morgan fingerprint density at radius 1 is 1.12 bits per heavy atom. The molecule has 43 heavy (non-hydrogen) atoms. The Morgan fingerprint density at radius 2 is 1.74 bits per heavy atom. The molecule has 1 saturated carbocycles. The zero-order chi connectivity index (χ0) is 32.0. The molecule has 10 nitrogen and oxygen atoms in total. The summed E-state index contributed by atoms with van der Waals surface area (Å²) in [7, 11) is -2.24. The summed E-state index contributed by atoms with van der Waals surface area (Å²) >= 11 is 0. The molecule has 2 fully saturated rings. The van der Waals surface area contributed by atoms with Crippen LogP contribution in [0.4, 0.5) is 11.6 Å². The number of ether oxygens (including phenoxy) is 1. The minimum atomic E-state index is -4.06. The second kappa shape index (κ2) is 11.5. The molecule has 0 radical (unpaired) electrons. The van der Waals surface area contributed by atoms with Gasteiger partial charge < -0.3 is 19.6 Å². The number of hydrogen-bond acceptors (Lipinski definition) is 9. The number of benzene rings is 1. The molecule has 1 aliphatic carbocycles. The highest BCUT2D eigenvalue weighted by molar-refractivity contribution is 7.90. The van der Waals surface area contributed by atoms with E-state index < -0.39 is 10.0 Å². The number of phenolic OH excluding ortho intramolecular Hbond substituents is 1. The van der Waals surface area contributed by atoms with E-state index in [4.69, 9.17) is 20.5 Å². The van der Waals surface area contributed by atoms with E-state index in [1.807, 2.05) is 7.05 Å². The monoisotopic (exact) mass is 610 g/mol. The van der Waals surface area contributed by atoms with Gasteiger partial charge in [-0.3, -0.25) is 15.5 Å². The van der Waals surface area contributed by atoms with Gasteiger partial charge in [0.1, 0.15) is 23.2 Å². The molecule has 4 N–H and O–H groups in total. The second-order valence-corrected chi connectivity index (χ2v) is 15.7. The Labute approximate surface area is 256 Å². The SMILES string of the molecule is C[C@@H]1CN(c2nc(N(C)/C=C\C(=N)OCC3C(C)(C)CC3(C)C)ccc2C(=N)NS(=O)(=O)c2ccc(O)cc2)C(C)(C)C1. The van der Waals surface area contributed by atoms with Crippen molar-refractivity contribution in [3.63, 3.8) is 0 Å². The van der Waals surface area contributed by atoms with E-state index in [0.29, 0.717) is 42.2 Å². The minimum Gasteiger partial charge on any atom is -0.508 e. The maximum absolute atomic E-state index is 13.0. The number of aromatic nitrogens is 1. The molecule has 4 rings (SSSR count). The van der Waals surface area contributed by atoms with Gasteiger partial charge in [-0.25, -0.2) is 13.4 Å². The van der Waals surface area contributed by atoms with Crippen molar-refractivity contribution in [1.29, 1.82) is 10.8 Å². The third-order valence-corrected chi connectivity index (χ3v) is 10.2. The zero-order valence-corrected chi connectivity index (χ0v) is 27.3. The van der Waals surface area contributed by atoms with Gasteiger partial charge in [-0.1, -0.05) is 34.6 Å². The van der Waals surface area contributed by atoms with Crippen molar-refractivity contribution >= 4 is 33.4 Å². The average Bonchev–Trinajstić information content (AvgIpc) is 3.17. The third-order valence-electron chi connectivity index (χ3n) is 8.86. The first-order valence-electron chi connectivity index (χ1n) is 14.6. The van der Waals surface area contributed by atoms with E-state index in [2.05, 4.69) is 58.1 Å². The Morgan fingerprint density at radius 3 is 2.30 bits per heavy atom. The summed E-state index contributed by atoms with van der Waals surface area (Å²) in [5, 5.41) is 26.6. The number of phenols is 1. The lowest BCUT2D eigenvalue weighted by atomic mass is 9.48. The second-order valence-electron chi connectivity index (χ2n) is 14.1. The number of amidine groups is 1. The molecule has 0 spiro atoms.